The smallest absolute Gasteiger partial charge is 0.250 e. The molecule has 3 heterocycles. The van der Waals surface area contributed by atoms with Crippen LogP contribution in [0.5, 0.6) is 0 Å². The molecule has 0 bridgehead atoms. The quantitative estimate of drug-likeness (QED) is 0.630. The molecule has 5 rings (SSSR count). The highest BCUT2D eigenvalue weighted by molar-refractivity contribution is 6.31. The second-order valence-electron chi connectivity index (χ2n) is 8.43. The maximum absolute atomic E-state index is 13.6. The normalized spacial score (nSPS) is 30.0. The van der Waals surface area contributed by atoms with Gasteiger partial charge in [-0.15, -0.1) is 0 Å². The number of rotatable bonds is 4. The fourth-order valence-corrected chi connectivity index (χ4v) is 5.46. The van der Waals surface area contributed by atoms with E-state index in [1.54, 1.807) is 25.1 Å². The van der Waals surface area contributed by atoms with Gasteiger partial charge in [0, 0.05) is 28.9 Å². The Labute approximate surface area is 184 Å². The second-order valence-corrected chi connectivity index (χ2v) is 8.87. The van der Waals surface area contributed by atoms with Gasteiger partial charge < -0.3 is 10.4 Å². The van der Waals surface area contributed by atoms with Crippen molar-refractivity contribution in [3.63, 3.8) is 0 Å². The molecule has 3 aliphatic heterocycles. The number of hydrogen-bond donors (Lipinski definition) is 3. The van der Waals surface area contributed by atoms with Gasteiger partial charge >= 0.3 is 0 Å². The summed E-state index contributed by atoms with van der Waals surface area (Å²) < 4.78 is 0. The molecule has 160 valence electrons. The van der Waals surface area contributed by atoms with Crippen LogP contribution in [-0.2, 0) is 26.3 Å². The van der Waals surface area contributed by atoms with E-state index in [1.165, 1.54) is 4.90 Å². The number of aliphatic hydroxyl groups excluding tert-OH is 1. The van der Waals surface area contributed by atoms with Gasteiger partial charge in [0.05, 0.1) is 17.9 Å². The highest BCUT2D eigenvalue weighted by atomic mass is 35.5. The van der Waals surface area contributed by atoms with Gasteiger partial charge in [0.25, 0.3) is 0 Å². The first-order valence-corrected chi connectivity index (χ1v) is 10.7. The van der Waals surface area contributed by atoms with Crippen molar-refractivity contribution in [3.05, 3.63) is 64.7 Å². The standard InChI is InChI=1S/C23H22ClN3O4/c1-12(28)19-17-18(21(30)27(20(17)29)10-9-13-5-3-2-4-6-13)23(26-19)15-11-14(24)7-8-16(15)25-22(23)31/h2-8,11-12,17-19,26,28H,9-10H2,1H3,(H,25,31)/t12-,17+,18+,19+,23+/m1/s1. The second kappa shape index (κ2) is 7.15. The van der Waals surface area contributed by atoms with Crippen LogP contribution in [-0.4, -0.2) is 46.4 Å². The molecular weight excluding hydrogens is 418 g/mol. The zero-order valence-corrected chi connectivity index (χ0v) is 17.6. The lowest BCUT2D eigenvalue weighted by Crippen LogP contribution is -2.55. The van der Waals surface area contributed by atoms with Crippen LogP contribution in [0.2, 0.25) is 5.02 Å². The zero-order chi connectivity index (χ0) is 21.9. The SMILES string of the molecule is C[C@@H](O)[C@@H]1N[C@]2(C(=O)Nc3ccc(Cl)cc32)[C@@H]2C(=O)N(CCc3ccccc3)C(=O)[C@H]12. The van der Waals surface area contributed by atoms with E-state index in [0.29, 0.717) is 22.7 Å². The maximum atomic E-state index is 13.6. The van der Waals surface area contributed by atoms with Crippen LogP contribution in [0.3, 0.4) is 0 Å². The van der Waals surface area contributed by atoms with E-state index in [-0.39, 0.29) is 12.5 Å². The number of nitrogens with zero attached hydrogens (tertiary/aromatic N) is 1. The summed E-state index contributed by atoms with van der Waals surface area (Å²) in [6.45, 7) is 1.78. The molecule has 1 spiro atoms. The molecule has 0 unspecified atom stereocenters. The number of nitrogens with one attached hydrogen (secondary N) is 2. The molecule has 2 fully saturated rings. The van der Waals surface area contributed by atoms with Crippen molar-refractivity contribution in [1.29, 1.82) is 0 Å². The number of imide groups is 1. The summed E-state index contributed by atoms with van der Waals surface area (Å²) in [5.74, 6) is -2.95. The van der Waals surface area contributed by atoms with Crippen LogP contribution in [0.25, 0.3) is 0 Å². The number of amides is 3. The van der Waals surface area contributed by atoms with Crippen LogP contribution in [0.15, 0.2) is 48.5 Å². The third-order valence-corrected chi connectivity index (χ3v) is 6.92. The summed E-state index contributed by atoms with van der Waals surface area (Å²) >= 11 is 6.21. The van der Waals surface area contributed by atoms with Crippen LogP contribution in [0.4, 0.5) is 5.69 Å². The van der Waals surface area contributed by atoms with Crippen LogP contribution in [0, 0.1) is 11.8 Å². The number of anilines is 1. The number of aliphatic hydroxyl groups is 1. The van der Waals surface area contributed by atoms with Gasteiger partial charge in [-0.3, -0.25) is 24.6 Å². The highest BCUT2D eigenvalue weighted by Gasteiger charge is 2.71. The Morgan fingerprint density at radius 2 is 1.87 bits per heavy atom. The van der Waals surface area contributed by atoms with Crippen molar-refractivity contribution in [2.75, 3.05) is 11.9 Å². The Kier molecular flexibility index (Phi) is 4.66. The average molecular weight is 440 g/mol. The lowest BCUT2D eigenvalue weighted by Gasteiger charge is -2.30. The van der Waals surface area contributed by atoms with Gasteiger partial charge in [-0.2, -0.15) is 0 Å². The summed E-state index contributed by atoms with van der Waals surface area (Å²) in [6, 6.07) is 13.9. The Morgan fingerprint density at radius 1 is 1.13 bits per heavy atom. The number of hydrogen-bond acceptors (Lipinski definition) is 5. The third-order valence-electron chi connectivity index (χ3n) is 6.69. The number of likely N-dealkylation sites (tertiary alicyclic amines) is 1. The Bertz CT molecular complexity index is 1090. The fraction of sp³-hybridized carbons (Fsp3) is 0.348. The Morgan fingerprint density at radius 3 is 2.58 bits per heavy atom. The summed E-state index contributed by atoms with van der Waals surface area (Å²) in [7, 11) is 0. The summed E-state index contributed by atoms with van der Waals surface area (Å²) in [4.78, 5) is 41.4. The predicted octanol–water partition coefficient (Wildman–Crippen LogP) is 1.68. The number of halogens is 1. The van der Waals surface area contributed by atoms with Crippen LogP contribution >= 0.6 is 11.6 Å². The van der Waals surface area contributed by atoms with Gasteiger partial charge in [0.15, 0.2) is 0 Å². The molecule has 3 aliphatic rings. The molecule has 2 saturated heterocycles. The molecule has 8 heteroatoms. The first-order valence-electron chi connectivity index (χ1n) is 10.3. The van der Waals surface area contributed by atoms with E-state index in [1.807, 2.05) is 30.3 Å². The number of carbonyl (C=O) groups excluding carboxylic acids is 3. The van der Waals surface area contributed by atoms with Crippen molar-refractivity contribution in [1.82, 2.24) is 10.2 Å². The topological polar surface area (TPSA) is 98.7 Å². The van der Waals surface area contributed by atoms with E-state index < -0.39 is 41.3 Å². The van der Waals surface area contributed by atoms with E-state index in [2.05, 4.69) is 10.6 Å². The first kappa shape index (κ1) is 20.2. The molecule has 2 aromatic rings. The van der Waals surface area contributed by atoms with E-state index >= 15 is 0 Å². The van der Waals surface area contributed by atoms with Crippen molar-refractivity contribution in [3.8, 4) is 0 Å². The monoisotopic (exact) mass is 439 g/mol. The minimum Gasteiger partial charge on any atom is -0.392 e. The molecule has 0 radical (unpaired) electrons. The number of carbonyl (C=O) groups is 3. The molecule has 3 N–H and O–H groups in total. The summed E-state index contributed by atoms with van der Waals surface area (Å²) in [5, 5.41) is 16.8. The lowest BCUT2D eigenvalue weighted by molar-refractivity contribution is -0.143. The van der Waals surface area contributed by atoms with E-state index in [4.69, 9.17) is 11.6 Å². The van der Waals surface area contributed by atoms with Crippen molar-refractivity contribution in [2.24, 2.45) is 11.8 Å². The Hall–Kier alpha value is -2.74. The largest absolute Gasteiger partial charge is 0.392 e. The van der Waals surface area contributed by atoms with Crippen molar-refractivity contribution >= 4 is 35.0 Å². The van der Waals surface area contributed by atoms with Gasteiger partial charge in [-0.25, -0.2) is 0 Å². The number of benzene rings is 2. The molecule has 2 aromatic carbocycles. The van der Waals surface area contributed by atoms with E-state index in [0.717, 1.165) is 5.56 Å². The van der Waals surface area contributed by atoms with Gasteiger partial charge in [0.2, 0.25) is 17.7 Å². The third kappa shape index (κ3) is 2.84. The molecular formula is C23H22ClN3O4. The molecule has 3 amide bonds. The fourth-order valence-electron chi connectivity index (χ4n) is 5.28. The van der Waals surface area contributed by atoms with Crippen molar-refractivity contribution in [2.45, 2.75) is 31.0 Å². The average Bonchev–Trinajstić information content (AvgIpc) is 3.33. The van der Waals surface area contributed by atoms with Crippen LogP contribution < -0.4 is 10.6 Å². The van der Waals surface area contributed by atoms with Gasteiger partial charge in [-0.05, 0) is 37.1 Å². The minimum absolute atomic E-state index is 0.224. The molecule has 5 atom stereocenters. The van der Waals surface area contributed by atoms with E-state index in [9.17, 15) is 19.5 Å². The summed E-state index contributed by atoms with van der Waals surface area (Å²) in [5.41, 5.74) is 0.653. The Balaban J connectivity index is 1.55. The molecule has 31 heavy (non-hydrogen) atoms. The van der Waals surface area contributed by atoms with Gasteiger partial charge in [-0.1, -0.05) is 41.9 Å². The predicted molar refractivity (Wildman–Crippen MR) is 114 cm³/mol. The highest BCUT2D eigenvalue weighted by Crippen LogP contribution is 2.53. The molecule has 0 aliphatic carbocycles. The molecule has 0 aromatic heterocycles. The van der Waals surface area contributed by atoms with Gasteiger partial charge in [0.1, 0.15) is 5.54 Å². The zero-order valence-electron chi connectivity index (χ0n) is 16.8. The maximum Gasteiger partial charge on any atom is 0.250 e. The molecule has 7 nitrogen and oxygen atoms in total. The number of fused-ring (bicyclic) bond motifs is 4. The summed E-state index contributed by atoms with van der Waals surface area (Å²) in [6.07, 6.45) is -0.416. The van der Waals surface area contributed by atoms with Crippen molar-refractivity contribution < 1.29 is 19.5 Å². The minimum atomic E-state index is -1.44. The van der Waals surface area contributed by atoms with Crippen LogP contribution in [0.1, 0.15) is 18.1 Å². The first-order chi connectivity index (χ1) is 14.8. The molecule has 0 saturated carbocycles. The lowest BCUT2D eigenvalue weighted by atomic mass is 9.76.